The van der Waals surface area contributed by atoms with Crippen LogP contribution in [0.25, 0.3) is 11.3 Å². The average molecular weight is 330 g/mol. The third kappa shape index (κ3) is 3.28. The first-order valence-corrected chi connectivity index (χ1v) is 8.22. The molecule has 1 aliphatic rings. The molecule has 23 heavy (non-hydrogen) atoms. The molecule has 0 aliphatic carbocycles. The maximum Gasteiger partial charge on any atom is 0.265 e. The van der Waals surface area contributed by atoms with Crippen LogP contribution in [0.2, 0.25) is 0 Å². The first kappa shape index (κ1) is 15.7. The maximum absolute atomic E-state index is 12.0. The summed E-state index contributed by atoms with van der Waals surface area (Å²) in [5.41, 5.74) is 2.64. The summed E-state index contributed by atoms with van der Waals surface area (Å²) < 4.78 is 10.6. The third-order valence-corrected chi connectivity index (χ3v) is 4.49. The van der Waals surface area contributed by atoms with E-state index in [1.807, 2.05) is 23.6 Å². The first-order chi connectivity index (χ1) is 11.2. The summed E-state index contributed by atoms with van der Waals surface area (Å²) in [5, 5.41) is 3.06. The van der Waals surface area contributed by atoms with Gasteiger partial charge in [0.05, 0.1) is 23.0 Å². The zero-order chi connectivity index (χ0) is 16.2. The molecule has 0 fully saturated rings. The molecule has 2 aromatic rings. The van der Waals surface area contributed by atoms with E-state index in [-0.39, 0.29) is 12.5 Å². The van der Waals surface area contributed by atoms with Crippen molar-refractivity contribution in [2.45, 2.75) is 6.42 Å². The Labute approximate surface area is 139 Å². The molecule has 1 aromatic heterocycles. The van der Waals surface area contributed by atoms with Gasteiger partial charge in [0.2, 0.25) is 0 Å². The molecule has 6 heteroatoms. The standard InChI is InChI=1S/C17H18N2O3S/c1-3-7-19-14-9-12(4-5-15(14)22-10-17(19)20)13-11-23-16(18-13)6-8-21-2/h3-5,9,11H,1,6-8,10H2,2H3. The predicted molar refractivity (Wildman–Crippen MR) is 91.2 cm³/mol. The molecule has 0 radical (unpaired) electrons. The highest BCUT2D eigenvalue weighted by molar-refractivity contribution is 7.09. The number of ether oxygens (including phenoxy) is 2. The van der Waals surface area contributed by atoms with Crippen LogP contribution >= 0.6 is 11.3 Å². The van der Waals surface area contributed by atoms with Gasteiger partial charge < -0.3 is 14.4 Å². The SMILES string of the molecule is C=CCN1C(=O)COc2ccc(-c3csc(CCOC)n3)cc21. The molecule has 3 rings (SSSR count). The Morgan fingerprint density at radius 2 is 2.39 bits per heavy atom. The molecular formula is C17H18N2O3S. The molecule has 1 aromatic carbocycles. The molecule has 5 nitrogen and oxygen atoms in total. The Morgan fingerprint density at radius 1 is 1.52 bits per heavy atom. The van der Waals surface area contributed by atoms with Crippen molar-refractivity contribution < 1.29 is 14.3 Å². The minimum absolute atomic E-state index is 0.0615. The Kier molecular flexibility index (Phi) is 4.73. The van der Waals surface area contributed by atoms with Gasteiger partial charge in [-0.25, -0.2) is 4.98 Å². The van der Waals surface area contributed by atoms with Gasteiger partial charge in [0, 0.05) is 31.0 Å². The molecule has 0 spiro atoms. The second-order valence-corrected chi connectivity index (χ2v) is 6.08. The van der Waals surface area contributed by atoms with Gasteiger partial charge in [0.1, 0.15) is 5.75 Å². The molecular weight excluding hydrogens is 312 g/mol. The predicted octanol–water partition coefficient (Wildman–Crippen LogP) is 2.91. The van der Waals surface area contributed by atoms with Crippen LogP contribution in [0.3, 0.4) is 0 Å². The highest BCUT2D eigenvalue weighted by Gasteiger charge is 2.25. The monoisotopic (exact) mass is 330 g/mol. The molecule has 0 saturated heterocycles. The summed E-state index contributed by atoms with van der Waals surface area (Å²) >= 11 is 1.61. The zero-order valence-corrected chi connectivity index (χ0v) is 13.8. The van der Waals surface area contributed by atoms with Crippen LogP contribution in [-0.2, 0) is 16.0 Å². The molecule has 1 amide bonds. The minimum atomic E-state index is -0.0615. The van der Waals surface area contributed by atoms with Crippen molar-refractivity contribution in [3.63, 3.8) is 0 Å². The zero-order valence-electron chi connectivity index (χ0n) is 12.9. The van der Waals surface area contributed by atoms with Crippen molar-refractivity contribution in [1.29, 1.82) is 0 Å². The number of nitrogens with zero attached hydrogens (tertiary/aromatic N) is 2. The van der Waals surface area contributed by atoms with E-state index in [2.05, 4.69) is 11.6 Å². The minimum Gasteiger partial charge on any atom is -0.482 e. The number of carbonyl (C=O) groups is 1. The van der Waals surface area contributed by atoms with Crippen LogP contribution in [0.4, 0.5) is 5.69 Å². The summed E-state index contributed by atoms with van der Waals surface area (Å²) in [6.45, 7) is 4.91. The van der Waals surface area contributed by atoms with Crippen molar-refractivity contribution in [3.8, 4) is 17.0 Å². The fourth-order valence-electron chi connectivity index (χ4n) is 2.44. The molecule has 1 aliphatic heterocycles. The number of benzene rings is 1. The number of fused-ring (bicyclic) bond motifs is 1. The maximum atomic E-state index is 12.0. The fraction of sp³-hybridized carbons (Fsp3) is 0.294. The van der Waals surface area contributed by atoms with Crippen LogP contribution in [0.5, 0.6) is 5.75 Å². The second-order valence-electron chi connectivity index (χ2n) is 5.13. The van der Waals surface area contributed by atoms with Crippen LogP contribution in [0.15, 0.2) is 36.2 Å². The highest BCUT2D eigenvalue weighted by atomic mass is 32.1. The normalized spacial score (nSPS) is 13.6. The topological polar surface area (TPSA) is 51.7 Å². The van der Waals surface area contributed by atoms with Gasteiger partial charge in [-0.2, -0.15) is 0 Å². The van der Waals surface area contributed by atoms with E-state index in [4.69, 9.17) is 9.47 Å². The Balaban J connectivity index is 1.91. The van der Waals surface area contributed by atoms with Crippen molar-refractivity contribution >= 4 is 22.9 Å². The Morgan fingerprint density at radius 3 is 3.17 bits per heavy atom. The quantitative estimate of drug-likeness (QED) is 0.764. The van der Waals surface area contributed by atoms with Gasteiger partial charge in [0.25, 0.3) is 5.91 Å². The summed E-state index contributed by atoms with van der Waals surface area (Å²) in [5.74, 6) is 0.652. The van der Waals surface area contributed by atoms with E-state index >= 15 is 0 Å². The number of hydrogen-bond acceptors (Lipinski definition) is 5. The largest absolute Gasteiger partial charge is 0.482 e. The first-order valence-electron chi connectivity index (χ1n) is 7.34. The van der Waals surface area contributed by atoms with E-state index < -0.39 is 0 Å². The van der Waals surface area contributed by atoms with Crippen molar-refractivity contribution in [2.75, 3.05) is 31.8 Å². The summed E-state index contributed by atoms with van der Waals surface area (Å²) in [7, 11) is 1.68. The molecule has 0 atom stereocenters. The van der Waals surface area contributed by atoms with Gasteiger partial charge in [-0.15, -0.1) is 17.9 Å². The van der Waals surface area contributed by atoms with Crippen molar-refractivity contribution in [2.24, 2.45) is 0 Å². The number of carbonyl (C=O) groups excluding carboxylic acids is 1. The van der Waals surface area contributed by atoms with Crippen molar-refractivity contribution in [1.82, 2.24) is 4.98 Å². The molecule has 0 bridgehead atoms. The summed E-state index contributed by atoms with van der Waals surface area (Å²) in [6.07, 6.45) is 2.52. The van der Waals surface area contributed by atoms with E-state index in [1.165, 1.54) is 0 Å². The highest BCUT2D eigenvalue weighted by Crippen LogP contribution is 2.36. The van der Waals surface area contributed by atoms with Gasteiger partial charge in [0.15, 0.2) is 6.61 Å². The van der Waals surface area contributed by atoms with Gasteiger partial charge in [-0.3, -0.25) is 4.79 Å². The number of rotatable bonds is 6. The fourth-order valence-corrected chi connectivity index (χ4v) is 3.23. The molecule has 0 saturated carbocycles. The third-order valence-electron chi connectivity index (χ3n) is 3.58. The lowest BCUT2D eigenvalue weighted by molar-refractivity contribution is -0.121. The van der Waals surface area contributed by atoms with Crippen molar-refractivity contribution in [3.05, 3.63) is 41.2 Å². The smallest absolute Gasteiger partial charge is 0.265 e. The number of amides is 1. The average Bonchev–Trinajstić information content (AvgIpc) is 3.04. The van der Waals surface area contributed by atoms with Crippen LogP contribution in [0, 0.1) is 0 Å². The van der Waals surface area contributed by atoms with Crippen LogP contribution in [0.1, 0.15) is 5.01 Å². The summed E-state index contributed by atoms with van der Waals surface area (Å²) in [4.78, 5) is 18.4. The number of aromatic nitrogens is 1. The Hall–Kier alpha value is -2.18. The molecule has 0 unspecified atom stereocenters. The van der Waals surface area contributed by atoms with Crippen LogP contribution < -0.4 is 9.64 Å². The number of hydrogen-bond donors (Lipinski definition) is 0. The lowest BCUT2D eigenvalue weighted by atomic mass is 10.1. The van der Waals surface area contributed by atoms with Gasteiger partial charge >= 0.3 is 0 Å². The number of anilines is 1. The number of methoxy groups -OCH3 is 1. The van der Waals surface area contributed by atoms with E-state index in [0.717, 1.165) is 28.4 Å². The van der Waals surface area contributed by atoms with Crippen LogP contribution in [-0.4, -0.2) is 37.8 Å². The Bertz CT molecular complexity index is 726. The lowest BCUT2D eigenvalue weighted by Gasteiger charge is -2.28. The van der Waals surface area contributed by atoms with Gasteiger partial charge in [-0.1, -0.05) is 6.08 Å². The lowest BCUT2D eigenvalue weighted by Crippen LogP contribution is -2.38. The molecule has 2 heterocycles. The number of thiazole rings is 1. The summed E-state index contributed by atoms with van der Waals surface area (Å²) in [6, 6.07) is 5.81. The van der Waals surface area contributed by atoms with E-state index in [9.17, 15) is 4.79 Å². The molecule has 0 N–H and O–H groups in total. The second kappa shape index (κ2) is 6.93. The molecule has 120 valence electrons. The van der Waals surface area contributed by atoms with E-state index in [1.54, 1.807) is 29.4 Å². The van der Waals surface area contributed by atoms with E-state index in [0.29, 0.717) is 18.9 Å². The van der Waals surface area contributed by atoms with Gasteiger partial charge in [-0.05, 0) is 18.2 Å².